The fraction of sp³-hybridized carbons (Fsp3) is 0.727. The fourth-order valence-corrected chi connectivity index (χ4v) is 2.38. The van der Waals surface area contributed by atoms with Crippen LogP contribution in [-0.4, -0.2) is 4.98 Å². The van der Waals surface area contributed by atoms with Crippen molar-refractivity contribution in [3.63, 3.8) is 0 Å². The summed E-state index contributed by atoms with van der Waals surface area (Å²) in [5.74, 6) is 1.27. The van der Waals surface area contributed by atoms with Crippen LogP contribution in [0, 0.1) is 0 Å². The first-order valence-electron chi connectivity index (χ1n) is 5.10. The highest BCUT2D eigenvalue weighted by Crippen LogP contribution is 2.29. The average Bonchev–Trinajstić information content (AvgIpc) is 2.52. The van der Waals surface area contributed by atoms with Crippen LogP contribution >= 0.6 is 11.3 Å². The van der Waals surface area contributed by atoms with Crippen molar-refractivity contribution in [3.8, 4) is 0 Å². The molecule has 0 fully saturated rings. The number of hydrogen-bond donors (Lipinski definition) is 0. The normalized spacial score (nSPS) is 13.6. The molecule has 0 saturated heterocycles. The second kappa shape index (κ2) is 4.75. The zero-order valence-corrected chi connectivity index (χ0v) is 9.82. The molecule has 1 unspecified atom stereocenters. The van der Waals surface area contributed by atoms with E-state index in [0.29, 0.717) is 11.8 Å². The Kier molecular flexibility index (Phi) is 3.91. The smallest absolute Gasteiger partial charge is 0.0953 e. The second-order valence-electron chi connectivity index (χ2n) is 3.95. The molecule has 0 aliphatic carbocycles. The van der Waals surface area contributed by atoms with Crippen LogP contribution in [0.3, 0.4) is 0 Å². The molecule has 1 rings (SSSR count). The maximum absolute atomic E-state index is 4.44. The molecule has 1 aromatic rings. The molecular weight excluding hydrogens is 178 g/mol. The van der Waals surface area contributed by atoms with Crippen molar-refractivity contribution < 1.29 is 0 Å². The summed E-state index contributed by atoms with van der Waals surface area (Å²) in [5.41, 5.74) is 0. The Hall–Kier alpha value is -0.370. The quantitative estimate of drug-likeness (QED) is 0.706. The molecule has 0 aliphatic heterocycles. The first-order valence-corrected chi connectivity index (χ1v) is 5.92. The highest BCUT2D eigenvalue weighted by molar-refractivity contribution is 7.11. The van der Waals surface area contributed by atoms with Gasteiger partial charge in [-0.2, -0.15) is 0 Å². The van der Waals surface area contributed by atoms with Gasteiger partial charge in [0.15, 0.2) is 0 Å². The van der Waals surface area contributed by atoms with Gasteiger partial charge in [0, 0.05) is 17.0 Å². The van der Waals surface area contributed by atoms with Crippen LogP contribution in [-0.2, 0) is 0 Å². The third kappa shape index (κ3) is 2.80. The van der Waals surface area contributed by atoms with Crippen molar-refractivity contribution in [1.29, 1.82) is 0 Å². The Labute approximate surface area is 85.2 Å². The van der Waals surface area contributed by atoms with Crippen LogP contribution < -0.4 is 0 Å². The maximum atomic E-state index is 4.44. The predicted molar refractivity (Wildman–Crippen MR) is 59.5 cm³/mol. The molecule has 13 heavy (non-hydrogen) atoms. The van der Waals surface area contributed by atoms with Gasteiger partial charge in [0.05, 0.1) is 5.01 Å². The SMILES string of the molecule is CCCC(C)c1cnc(C(C)C)s1. The lowest BCUT2D eigenvalue weighted by molar-refractivity contribution is 0.674. The van der Waals surface area contributed by atoms with E-state index < -0.39 is 0 Å². The fourth-order valence-electron chi connectivity index (χ4n) is 1.37. The van der Waals surface area contributed by atoms with Crippen molar-refractivity contribution in [1.82, 2.24) is 4.98 Å². The van der Waals surface area contributed by atoms with Crippen LogP contribution in [0.4, 0.5) is 0 Å². The standard InChI is InChI=1S/C11H19NS/c1-5-6-9(4)10-7-12-11(13-10)8(2)3/h7-9H,5-6H2,1-4H3. The molecule has 1 aromatic heterocycles. The minimum Gasteiger partial charge on any atom is -0.249 e. The molecule has 1 atom stereocenters. The van der Waals surface area contributed by atoms with Crippen LogP contribution in [0.1, 0.15) is 62.3 Å². The Morgan fingerprint density at radius 3 is 2.54 bits per heavy atom. The van der Waals surface area contributed by atoms with Gasteiger partial charge in [-0.3, -0.25) is 0 Å². The second-order valence-corrected chi connectivity index (χ2v) is 5.04. The first-order chi connectivity index (χ1) is 6.15. The van der Waals surface area contributed by atoms with Crippen LogP contribution in [0.25, 0.3) is 0 Å². The van der Waals surface area contributed by atoms with Crippen molar-refractivity contribution in [2.24, 2.45) is 0 Å². The van der Waals surface area contributed by atoms with E-state index in [0.717, 1.165) is 0 Å². The van der Waals surface area contributed by atoms with Crippen molar-refractivity contribution in [2.45, 2.75) is 52.4 Å². The zero-order valence-electron chi connectivity index (χ0n) is 9.00. The maximum Gasteiger partial charge on any atom is 0.0953 e. The van der Waals surface area contributed by atoms with Gasteiger partial charge < -0.3 is 0 Å². The van der Waals surface area contributed by atoms with E-state index in [1.54, 1.807) is 0 Å². The molecule has 0 saturated carbocycles. The molecule has 0 amide bonds. The molecule has 0 aromatic carbocycles. The van der Waals surface area contributed by atoms with Gasteiger partial charge in [-0.1, -0.05) is 34.1 Å². The van der Waals surface area contributed by atoms with E-state index >= 15 is 0 Å². The monoisotopic (exact) mass is 197 g/mol. The van der Waals surface area contributed by atoms with Crippen LogP contribution in [0.5, 0.6) is 0 Å². The van der Waals surface area contributed by atoms with E-state index in [1.807, 2.05) is 11.3 Å². The third-order valence-corrected chi connectivity index (χ3v) is 3.77. The minimum absolute atomic E-state index is 0.576. The molecule has 0 aliphatic rings. The lowest BCUT2D eigenvalue weighted by Crippen LogP contribution is -1.87. The summed E-state index contributed by atoms with van der Waals surface area (Å²) in [6, 6.07) is 0. The van der Waals surface area contributed by atoms with Gasteiger partial charge in [0.25, 0.3) is 0 Å². The lowest BCUT2D eigenvalue weighted by atomic mass is 10.1. The Balaban J connectivity index is 2.67. The van der Waals surface area contributed by atoms with Gasteiger partial charge >= 0.3 is 0 Å². The summed E-state index contributed by atoms with van der Waals surface area (Å²) in [4.78, 5) is 5.89. The van der Waals surface area contributed by atoms with E-state index in [-0.39, 0.29) is 0 Å². The number of nitrogens with zero attached hydrogens (tertiary/aromatic N) is 1. The van der Waals surface area contributed by atoms with E-state index in [9.17, 15) is 0 Å². The number of thiazole rings is 1. The topological polar surface area (TPSA) is 12.9 Å². The molecule has 2 heteroatoms. The predicted octanol–water partition coefficient (Wildman–Crippen LogP) is 4.17. The summed E-state index contributed by atoms with van der Waals surface area (Å²) in [5, 5.41) is 1.28. The summed E-state index contributed by atoms with van der Waals surface area (Å²) >= 11 is 1.88. The molecule has 0 N–H and O–H groups in total. The van der Waals surface area contributed by atoms with Gasteiger partial charge in [-0.05, 0) is 12.3 Å². The van der Waals surface area contributed by atoms with Crippen LogP contribution in [0.15, 0.2) is 6.20 Å². The third-order valence-electron chi connectivity index (χ3n) is 2.24. The molecule has 0 spiro atoms. The molecule has 74 valence electrons. The van der Waals surface area contributed by atoms with Gasteiger partial charge in [0.1, 0.15) is 0 Å². The van der Waals surface area contributed by atoms with E-state index in [1.165, 1.54) is 22.7 Å². The molecule has 1 heterocycles. The molecule has 1 nitrogen and oxygen atoms in total. The Morgan fingerprint density at radius 2 is 2.08 bits per heavy atom. The highest BCUT2D eigenvalue weighted by atomic mass is 32.1. The summed E-state index contributed by atoms with van der Waals surface area (Å²) in [6.45, 7) is 8.93. The average molecular weight is 197 g/mol. The van der Waals surface area contributed by atoms with Crippen molar-refractivity contribution in [2.75, 3.05) is 0 Å². The van der Waals surface area contributed by atoms with Crippen molar-refractivity contribution >= 4 is 11.3 Å². The molecular formula is C11H19NS. The molecule has 0 bridgehead atoms. The summed E-state index contributed by atoms with van der Waals surface area (Å²) in [6.07, 6.45) is 4.59. The number of rotatable bonds is 4. The van der Waals surface area contributed by atoms with Crippen molar-refractivity contribution in [3.05, 3.63) is 16.1 Å². The Bertz CT molecular complexity index is 252. The Morgan fingerprint density at radius 1 is 1.38 bits per heavy atom. The number of hydrogen-bond acceptors (Lipinski definition) is 2. The summed E-state index contributed by atoms with van der Waals surface area (Å²) < 4.78 is 0. The summed E-state index contributed by atoms with van der Waals surface area (Å²) in [7, 11) is 0. The van der Waals surface area contributed by atoms with E-state index in [4.69, 9.17) is 0 Å². The minimum atomic E-state index is 0.576. The van der Waals surface area contributed by atoms with Gasteiger partial charge in [0.2, 0.25) is 0 Å². The van der Waals surface area contributed by atoms with Gasteiger partial charge in [-0.15, -0.1) is 11.3 Å². The van der Waals surface area contributed by atoms with E-state index in [2.05, 4.69) is 38.9 Å². The first kappa shape index (κ1) is 10.7. The lowest BCUT2D eigenvalue weighted by Gasteiger charge is -2.05. The van der Waals surface area contributed by atoms with Gasteiger partial charge in [-0.25, -0.2) is 4.98 Å². The largest absolute Gasteiger partial charge is 0.249 e. The molecule has 0 radical (unpaired) electrons. The number of aromatic nitrogens is 1. The zero-order chi connectivity index (χ0) is 9.84. The van der Waals surface area contributed by atoms with Crippen LogP contribution in [0.2, 0.25) is 0 Å². The highest BCUT2D eigenvalue weighted by Gasteiger charge is 2.10.